The standard InChI is InChI=1S/C60H44N2O/c1-61-56(41-32-30-40(31-33-41)39-16-4-2-5-17-39)58-57(62(58)59(61)42-18-6-3-7-19-42)47-23-15-22-45(37-47)43-20-14-21-44(36-43)46-34-35-49-48-24-8-9-25-50(48)60(53(49)38-46)51-26-10-12-28-54(51)63-55-29-13-11-27-52(55)60/h2-38,56-59H,1H3. The molecule has 0 amide bonds. The van der Waals surface area contributed by atoms with Crippen LogP contribution in [0, 0.1) is 0 Å². The third-order valence-corrected chi connectivity index (χ3v) is 14.4. The SMILES string of the molecule is CN1C(c2ccc(-c3ccccc3)cc2)C2C(c3cccc(-c4cccc(-c5ccc6c(c5)C5(c7ccccc7Oc7ccccc75)c5ccccc5-6)c4)c3)N2C1c1ccccc1. The normalized spacial score (nSPS) is 20.8. The van der Waals surface area contributed by atoms with Crippen molar-refractivity contribution >= 4 is 0 Å². The van der Waals surface area contributed by atoms with Gasteiger partial charge < -0.3 is 4.74 Å². The van der Waals surface area contributed by atoms with Gasteiger partial charge in [-0.25, -0.2) is 0 Å². The molecule has 63 heavy (non-hydrogen) atoms. The Hall–Kier alpha value is -7.30. The number of ether oxygens (including phenoxy) is 1. The molecule has 0 saturated carbocycles. The summed E-state index contributed by atoms with van der Waals surface area (Å²) < 4.78 is 6.60. The molecule has 1 spiro atoms. The van der Waals surface area contributed by atoms with Crippen molar-refractivity contribution in [1.29, 1.82) is 0 Å². The number of likely N-dealkylation sites (N-methyl/N-ethyl adjacent to an activating group) is 1. The van der Waals surface area contributed by atoms with Gasteiger partial charge in [-0.15, -0.1) is 0 Å². The van der Waals surface area contributed by atoms with Crippen LogP contribution in [-0.2, 0) is 5.41 Å². The minimum Gasteiger partial charge on any atom is -0.457 e. The van der Waals surface area contributed by atoms with Gasteiger partial charge in [0.25, 0.3) is 0 Å². The summed E-state index contributed by atoms with van der Waals surface area (Å²) in [5.74, 6) is 1.83. The van der Waals surface area contributed by atoms with Gasteiger partial charge in [0.1, 0.15) is 11.5 Å². The molecule has 4 aliphatic rings. The third kappa shape index (κ3) is 5.47. The maximum Gasteiger partial charge on any atom is 0.132 e. The monoisotopic (exact) mass is 808 g/mol. The maximum absolute atomic E-state index is 6.60. The Morgan fingerprint density at radius 2 is 0.873 bits per heavy atom. The zero-order valence-corrected chi connectivity index (χ0v) is 35.0. The van der Waals surface area contributed by atoms with Crippen molar-refractivity contribution in [3.63, 3.8) is 0 Å². The topological polar surface area (TPSA) is 15.5 Å². The summed E-state index contributed by atoms with van der Waals surface area (Å²) in [5.41, 5.74) is 18.5. The Morgan fingerprint density at radius 1 is 0.365 bits per heavy atom. The van der Waals surface area contributed by atoms with E-state index in [4.69, 9.17) is 4.74 Å². The predicted molar refractivity (Wildman–Crippen MR) is 255 cm³/mol. The fourth-order valence-electron chi connectivity index (χ4n) is 11.7. The zero-order chi connectivity index (χ0) is 41.6. The van der Waals surface area contributed by atoms with E-state index in [9.17, 15) is 0 Å². The molecule has 3 aliphatic heterocycles. The third-order valence-electron chi connectivity index (χ3n) is 14.4. The van der Waals surface area contributed by atoms with Gasteiger partial charge in [0, 0.05) is 11.1 Å². The molecule has 300 valence electrons. The van der Waals surface area contributed by atoms with Crippen LogP contribution in [0.1, 0.15) is 57.2 Å². The van der Waals surface area contributed by atoms with Crippen molar-refractivity contribution in [3.8, 4) is 56.0 Å². The van der Waals surface area contributed by atoms with Gasteiger partial charge in [-0.05, 0) is 110 Å². The van der Waals surface area contributed by atoms with Crippen molar-refractivity contribution in [1.82, 2.24) is 9.80 Å². The van der Waals surface area contributed by atoms with Crippen molar-refractivity contribution in [2.75, 3.05) is 7.05 Å². The molecule has 0 N–H and O–H groups in total. The molecule has 2 saturated heterocycles. The van der Waals surface area contributed by atoms with Crippen LogP contribution in [-0.4, -0.2) is 22.9 Å². The van der Waals surface area contributed by atoms with Crippen molar-refractivity contribution < 1.29 is 4.74 Å². The zero-order valence-electron chi connectivity index (χ0n) is 35.0. The smallest absolute Gasteiger partial charge is 0.132 e. The lowest BCUT2D eigenvalue weighted by atomic mass is 9.66. The van der Waals surface area contributed by atoms with Crippen LogP contribution in [0.4, 0.5) is 0 Å². The van der Waals surface area contributed by atoms with Crippen LogP contribution in [0.3, 0.4) is 0 Å². The highest BCUT2D eigenvalue weighted by Gasteiger charge is 2.64. The van der Waals surface area contributed by atoms with Crippen LogP contribution >= 0.6 is 0 Å². The number of para-hydroxylation sites is 2. The molecule has 13 rings (SSSR count). The fraction of sp³-hybridized carbons (Fsp3) is 0.100. The second kappa shape index (κ2) is 14.1. The van der Waals surface area contributed by atoms with Crippen LogP contribution in [0.15, 0.2) is 224 Å². The Kier molecular flexibility index (Phi) is 8.15. The first kappa shape index (κ1) is 36.4. The summed E-state index contributed by atoms with van der Waals surface area (Å²) in [7, 11) is 2.30. The molecule has 9 aromatic carbocycles. The highest BCUT2D eigenvalue weighted by atomic mass is 16.5. The van der Waals surface area contributed by atoms with Crippen LogP contribution in [0.2, 0.25) is 0 Å². The van der Waals surface area contributed by atoms with Gasteiger partial charge in [-0.3, -0.25) is 9.80 Å². The van der Waals surface area contributed by atoms with Crippen LogP contribution in [0.25, 0.3) is 44.5 Å². The number of benzene rings is 9. The van der Waals surface area contributed by atoms with Gasteiger partial charge >= 0.3 is 0 Å². The summed E-state index contributed by atoms with van der Waals surface area (Å²) >= 11 is 0. The predicted octanol–water partition coefficient (Wildman–Crippen LogP) is 14.3. The lowest BCUT2D eigenvalue weighted by molar-refractivity contribution is 0.158. The van der Waals surface area contributed by atoms with E-state index < -0.39 is 5.41 Å². The van der Waals surface area contributed by atoms with E-state index in [0.717, 1.165) is 11.5 Å². The lowest BCUT2D eigenvalue weighted by Crippen LogP contribution is -2.32. The maximum atomic E-state index is 6.60. The Morgan fingerprint density at radius 3 is 1.59 bits per heavy atom. The quantitative estimate of drug-likeness (QED) is 0.156. The first-order chi connectivity index (χ1) is 31.2. The number of hydrogen-bond donors (Lipinski definition) is 0. The van der Waals surface area contributed by atoms with E-state index in [-0.39, 0.29) is 12.2 Å². The molecule has 3 heteroatoms. The number of hydrogen-bond acceptors (Lipinski definition) is 3. The van der Waals surface area contributed by atoms with Crippen LogP contribution in [0.5, 0.6) is 11.5 Å². The molecule has 3 nitrogen and oxygen atoms in total. The average molecular weight is 809 g/mol. The van der Waals surface area contributed by atoms with E-state index in [1.54, 1.807) is 0 Å². The van der Waals surface area contributed by atoms with Gasteiger partial charge in [0.15, 0.2) is 0 Å². The van der Waals surface area contributed by atoms with Crippen LogP contribution < -0.4 is 4.74 Å². The van der Waals surface area contributed by atoms with Gasteiger partial charge in [-0.1, -0.05) is 194 Å². The Balaban J connectivity index is 0.871. The van der Waals surface area contributed by atoms with E-state index >= 15 is 0 Å². The number of nitrogens with zero attached hydrogens (tertiary/aromatic N) is 2. The van der Waals surface area contributed by atoms with Gasteiger partial charge in [-0.2, -0.15) is 0 Å². The summed E-state index contributed by atoms with van der Waals surface area (Å²) in [6, 6.07) is 83.7. The first-order valence-electron chi connectivity index (χ1n) is 22.2. The van der Waals surface area contributed by atoms with Gasteiger partial charge in [0.2, 0.25) is 0 Å². The molecule has 1 aliphatic carbocycles. The second-order valence-corrected chi connectivity index (χ2v) is 17.6. The average Bonchev–Trinajstić information content (AvgIpc) is 3.88. The minimum absolute atomic E-state index is 0.191. The highest BCUT2D eigenvalue weighted by Crippen LogP contribution is 2.64. The molecule has 0 radical (unpaired) electrons. The first-order valence-corrected chi connectivity index (χ1v) is 22.2. The van der Waals surface area contributed by atoms with Gasteiger partial charge in [0.05, 0.1) is 29.7 Å². The number of rotatable bonds is 6. The molecular weight excluding hydrogens is 765 g/mol. The lowest BCUT2D eigenvalue weighted by Gasteiger charge is -2.39. The van der Waals surface area contributed by atoms with E-state index in [1.165, 1.54) is 83.5 Å². The summed E-state index contributed by atoms with van der Waals surface area (Å²) in [6.07, 6.45) is 0.191. The van der Waals surface area contributed by atoms with Crippen molar-refractivity contribution in [2.45, 2.75) is 29.7 Å². The summed E-state index contributed by atoms with van der Waals surface area (Å²) in [5, 5.41) is 0. The largest absolute Gasteiger partial charge is 0.457 e. The summed E-state index contributed by atoms with van der Waals surface area (Å²) in [6.45, 7) is 0. The number of fused-ring (bicyclic) bond motifs is 10. The fourth-order valence-corrected chi connectivity index (χ4v) is 11.7. The van der Waals surface area contributed by atoms with Crippen molar-refractivity contribution in [3.05, 3.63) is 263 Å². The highest BCUT2D eigenvalue weighted by molar-refractivity contribution is 5.90. The molecule has 5 atom stereocenters. The Labute approximate surface area is 369 Å². The second-order valence-electron chi connectivity index (χ2n) is 17.6. The van der Waals surface area contributed by atoms with E-state index in [0.29, 0.717) is 12.1 Å². The molecule has 3 heterocycles. The molecule has 0 aromatic heterocycles. The van der Waals surface area contributed by atoms with E-state index in [1.807, 2.05) is 0 Å². The molecular formula is C60H44N2O. The minimum atomic E-state index is -0.496. The van der Waals surface area contributed by atoms with Crippen molar-refractivity contribution in [2.24, 2.45) is 0 Å². The Bertz CT molecular complexity index is 3170. The van der Waals surface area contributed by atoms with E-state index in [2.05, 4.69) is 241 Å². The molecule has 2 fully saturated rings. The molecule has 0 bridgehead atoms. The molecule has 9 aromatic rings. The molecule has 5 unspecified atom stereocenters. The summed E-state index contributed by atoms with van der Waals surface area (Å²) in [4.78, 5) is 5.31.